The molecule has 0 aliphatic heterocycles. The lowest BCUT2D eigenvalue weighted by Gasteiger charge is -2.05. The Bertz CT molecular complexity index is 1040. The van der Waals surface area contributed by atoms with Gasteiger partial charge in [0.2, 0.25) is 0 Å². The Morgan fingerprint density at radius 1 is 1.16 bits per heavy atom. The van der Waals surface area contributed by atoms with Gasteiger partial charge in [-0.3, -0.25) is 4.68 Å². The van der Waals surface area contributed by atoms with Crippen molar-refractivity contribution in [3.8, 4) is 0 Å². The molecular formula is C20H23N5. The zero-order chi connectivity index (χ0) is 17.4. The van der Waals surface area contributed by atoms with Crippen LogP contribution in [0.2, 0.25) is 0 Å². The van der Waals surface area contributed by atoms with Gasteiger partial charge in [0, 0.05) is 42.3 Å². The van der Waals surface area contributed by atoms with E-state index >= 15 is 0 Å². The van der Waals surface area contributed by atoms with E-state index in [4.69, 9.17) is 0 Å². The molecule has 0 aliphatic rings. The number of nitrogens with zero attached hydrogens (tertiary/aromatic N) is 3. The van der Waals surface area contributed by atoms with Crippen LogP contribution in [0.4, 0.5) is 0 Å². The SMILES string of the molecule is Cc1ccc2c(CCNCc3cnc4c(c3)c(C)nn4C)c[nH]c2c1. The number of nitrogens with one attached hydrogen (secondary N) is 2. The molecule has 4 aromatic rings. The minimum Gasteiger partial charge on any atom is -0.361 e. The summed E-state index contributed by atoms with van der Waals surface area (Å²) in [5.41, 5.74) is 7.03. The summed E-state index contributed by atoms with van der Waals surface area (Å²) in [4.78, 5) is 7.90. The zero-order valence-corrected chi connectivity index (χ0v) is 14.9. The molecule has 0 saturated heterocycles. The minimum absolute atomic E-state index is 0.818. The van der Waals surface area contributed by atoms with E-state index in [1.165, 1.54) is 27.6 Å². The first kappa shape index (κ1) is 15.8. The third kappa shape index (κ3) is 3.03. The van der Waals surface area contributed by atoms with Gasteiger partial charge in [0.05, 0.1) is 5.69 Å². The minimum atomic E-state index is 0.818. The van der Waals surface area contributed by atoms with Crippen LogP contribution in [0.25, 0.3) is 21.9 Å². The van der Waals surface area contributed by atoms with Crippen LogP contribution in [-0.2, 0) is 20.0 Å². The fraction of sp³-hybridized carbons (Fsp3) is 0.300. The molecule has 5 heteroatoms. The largest absolute Gasteiger partial charge is 0.361 e. The molecule has 0 fully saturated rings. The average Bonchev–Trinajstić information content (AvgIpc) is 3.12. The lowest BCUT2D eigenvalue weighted by atomic mass is 10.1. The maximum Gasteiger partial charge on any atom is 0.157 e. The van der Waals surface area contributed by atoms with Crippen LogP contribution in [0, 0.1) is 13.8 Å². The molecule has 1 aromatic carbocycles. The van der Waals surface area contributed by atoms with Gasteiger partial charge in [-0.25, -0.2) is 4.98 Å². The molecule has 0 saturated carbocycles. The summed E-state index contributed by atoms with van der Waals surface area (Å²) in [6.45, 7) is 5.90. The Hall–Kier alpha value is -2.66. The standard InChI is InChI=1S/C20H23N5/c1-13-4-5-17-16(12-22-19(17)8-13)6-7-21-10-15-9-18-14(2)24-25(3)20(18)23-11-15/h4-5,8-9,11-12,21-22H,6-7,10H2,1-3H3. The van der Waals surface area contributed by atoms with Crippen LogP contribution in [0.3, 0.4) is 0 Å². The molecule has 5 nitrogen and oxygen atoms in total. The van der Waals surface area contributed by atoms with E-state index in [-0.39, 0.29) is 0 Å². The summed E-state index contributed by atoms with van der Waals surface area (Å²) in [5.74, 6) is 0. The van der Waals surface area contributed by atoms with Crippen molar-refractivity contribution in [2.24, 2.45) is 7.05 Å². The predicted molar refractivity (Wildman–Crippen MR) is 102 cm³/mol. The van der Waals surface area contributed by atoms with Gasteiger partial charge >= 0.3 is 0 Å². The van der Waals surface area contributed by atoms with Gasteiger partial charge < -0.3 is 10.3 Å². The van der Waals surface area contributed by atoms with E-state index in [9.17, 15) is 0 Å². The lowest BCUT2D eigenvalue weighted by Crippen LogP contribution is -2.16. The van der Waals surface area contributed by atoms with E-state index in [0.29, 0.717) is 0 Å². The Morgan fingerprint density at radius 2 is 2.04 bits per heavy atom. The van der Waals surface area contributed by atoms with Crippen molar-refractivity contribution in [3.63, 3.8) is 0 Å². The number of fused-ring (bicyclic) bond motifs is 2. The number of aryl methyl sites for hydroxylation is 3. The average molecular weight is 333 g/mol. The molecule has 0 unspecified atom stereocenters. The van der Waals surface area contributed by atoms with Crippen LogP contribution >= 0.6 is 0 Å². The monoisotopic (exact) mass is 333 g/mol. The van der Waals surface area contributed by atoms with Gasteiger partial charge in [0.1, 0.15) is 0 Å². The summed E-state index contributed by atoms with van der Waals surface area (Å²) in [7, 11) is 1.93. The van der Waals surface area contributed by atoms with Crippen molar-refractivity contribution >= 4 is 21.9 Å². The number of H-pyrrole nitrogens is 1. The third-order valence-corrected chi connectivity index (χ3v) is 4.74. The van der Waals surface area contributed by atoms with Crippen LogP contribution < -0.4 is 5.32 Å². The molecule has 3 heterocycles. The van der Waals surface area contributed by atoms with Crippen molar-refractivity contribution in [1.29, 1.82) is 0 Å². The van der Waals surface area contributed by atoms with E-state index < -0.39 is 0 Å². The van der Waals surface area contributed by atoms with Crippen molar-refractivity contribution in [2.75, 3.05) is 6.54 Å². The third-order valence-electron chi connectivity index (χ3n) is 4.74. The highest BCUT2D eigenvalue weighted by Crippen LogP contribution is 2.20. The van der Waals surface area contributed by atoms with E-state index in [1.807, 2.05) is 24.9 Å². The Kier molecular flexibility index (Phi) is 4.01. The van der Waals surface area contributed by atoms with Crippen LogP contribution in [-0.4, -0.2) is 26.3 Å². The summed E-state index contributed by atoms with van der Waals surface area (Å²) >= 11 is 0. The number of hydrogen-bond acceptors (Lipinski definition) is 3. The van der Waals surface area contributed by atoms with E-state index in [2.05, 4.69) is 57.8 Å². The van der Waals surface area contributed by atoms with E-state index in [0.717, 1.165) is 36.2 Å². The molecule has 0 aliphatic carbocycles. The van der Waals surface area contributed by atoms with Gasteiger partial charge in [-0.2, -0.15) is 5.10 Å². The highest BCUT2D eigenvalue weighted by Gasteiger charge is 2.07. The van der Waals surface area contributed by atoms with Crippen LogP contribution in [0.5, 0.6) is 0 Å². The zero-order valence-electron chi connectivity index (χ0n) is 14.9. The fourth-order valence-corrected chi connectivity index (χ4v) is 3.41. The number of rotatable bonds is 5. The van der Waals surface area contributed by atoms with Crippen LogP contribution in [0.15, 0.2) is 36.7 Å². The second kappa shape index (κ2) is 6.33. The Morgan fingerprint density at radius 3 is 2.92 bits per heavy atom. The predicted octanol–water partition coefficient (Wildman–Crippen LogP) is 3.40. The first-order valence-electron chi connectivity index (χ1n) is 8.67. The number of aromatic amines is 1. The summed E-state index contributed by atoms with van der Waals surface area (Å²) in [6.07, 6.45) is 5.06. The molecule has 0 radical (unpaired) electrons. The molecule has 0 atom stereocenters. The maximum atomic E-state index is 4.53. The van der Waals surface area contributed by atoms with Crippen LogP contribution in [0.1, 0.15) is 22.4 Å². The second-order valence-electron chi connectivity index (χ2n) is 6.71. The van der Waals surface area contributed by atoms with Crippen molar-refractivity contribution < 1.29 is 0 Å². The van der Waals surface area contributed by atoms with Gasteiger partial charge in [0.25, 0.3) is 0 Å². The molecule has 128 valence electrons. The molecular weight excluding hydrogens is 310 g/mol. The highest BCUT2D eigenvalue weighted by atomic mass is 15.3. The Labute approximate surface area is 147 Å². The summed E-state index contributed by atoms with van der Waals surface area (Å²) in [6, 6.07) is 8.76. The van der Waals surface area contributed by atoms with E-state index in [1.54, 1.807) is 0 Å². The molecule has 0 bridgehead atoms. The number of aromatic nitrogens is 4. The molecule has 25 heavy (non-hydrogen) atoms. The highest BCUT2D eigenvalue weighted by molar-refractivity contribution is 5.83. The first-order chi connectivity index (χ1) is 12.1. The summed E-state index contributed by atoms with van der Waals surface area (Å²) < 4.78 is 1.83. The lowest BCUT2D eigenvalue weighted by molar-refractivity contribution is 0.687. The molecule has 0 amide bonds. The fourth-order valence-electron chi connectivity index (χ4n) is 3.41. The second-order valence-corrected chi connectivity index (χ2v) is 6.71. The van der Waals surface area contributed by atoms with Gasteiger partial charge in [-0.1, -0.05) is 12.1 Å². The number of benzene rings is 1. The molecule has 3 aromatic heterocycles. The Balaban J connectivity index is 1.40. The summed E-state index contributed by atoms with van der Waals surface area (Å²) in [5, 5.41) is 10.4. The first-order valence-corrected chi connectivity index (χ1v) is 8.67. The number of hydrogen-bond donors (Lipinski definition) is 2. The van der Waals surface area contributed by atoms with Gasteiger partial charge in [-0.05, 0) is 55.6 Å². The molecule has 2 N–H and O–H groups in total. The number of pyridine rings is 1. The quantitative estimate of drug-likeness (QED) is 0.550. The van der Waals surface area contributed by atoms with Gasteiger partial charge in [0.15, 0.2) is 5.65 Å². The topological polar surface area (TPSA) is 58.5 Å². The van der Waals surface area contributed by atoms with Crippen molar-refractivity contribution in [2.45, 2.75) is 26.8 Å². The van der Waals surface area contributed by atoms with Gasteiger partial charge in [-0.15, -0.1) is 0 Å². The molecule has 0 spiro atoms. The normalized spacial score (nSPS) is 11.6. The smallest absolute Gasteiger partial charge is 0.157 e. The molecule has 4 rings (SSSR count). The van der Waals surface area contributed by atoms with Crippen molar-refractivity contribution in [3.05, 3.63) is 59.0 Å². The maximum absolute atomic E-state index is 4.53. The van der Waals surface area contributed by atoms with Crippen molar-refractivity contribution in [1.82, 2.24) is 25.1 Å².